The molecule has 15 nitrogen and oxygen atoms in total. The number of phenols is 1. The smallest absolute Gasteiger partial charge is 0.319 e. The molecule has 1 saturated carbocycles. The van der Waals surface area contributed by atoms with E-state index in [1.54, 1.807) is 26.1 Å². The molecule has 4 saturated heterocycles. The number of ether oxygens (including phenoxy) is 1. The van der Waals surface area contributed by atoms with Crippen LogP contribution >= 0.6 is 0 Å². The predicted molar refractivity (Wildman–Crippen MR) is 273 cm³/mol. The molecule has 0 radical (unpaired) electrons. The number of hydrogen-bond donors (Lipinski definition) is 4. The number of β-amino-alcohol motifs (C(OH)–C–C–N with tert-alkyl or cyclic N) is 1. The molecule has 7 heterocycles. The van der Waals surface area contributed by atoms with Crippen LogP contribution in [0.1, 0.15) is 107 Å². The number of rotatable bonds is 13. The Morgan fingerprint density at radius 3 is 2.43 bits per heavy atom. The number of benzene rings is 3. The molecule has 3 aromatic carbocycles. The van der Waals surface area contributed by atoms with Gasteiger partial charge in [0.1, 0.15) is 34.4 Å². The first-order chi connectivity index (χ1) is 34.7. The molecule has 5 fully saturated rings. The molecular weight excluding hydrogens is 919 g/mol. The van der Waals surface area contributed by atoms with E-state index in [9.17, 15) is 19.8 Å². The van der Waals surface area contributed by atoms with E-state index >= 15 is 8.78 Å². The van der Waals surface area contributed by atoms with Gasteiger partial charge in [0.15, 0.2) is 5.82 Å². The number of carbonyl (C=O) groups is 2. The van der Waals surface area contributed by atoms with Gasteiger partial charge in [0.2, 0.25) is 11.8 Å². The van der Waals surface area contributed by atoms with Gasteiger partial charge < -0.3 is 35.0 Å². The van der Waals surface area contributed by atoms with Crippen molar-refractivity contribution in [3.63, 3.8) is 0 Å². The molecule has 6 aromatic rings. The normalized spacial score (nSPS) is 22.5. The predicted octanol–water partition coefficient (Wildman–Crippen LogP) is 7.94. The lowest BCUT2D eigenvalue weighted by Crippen LogP contribution is -2.46. The molecule has 4 N–H and O–H groups in total. The maximum atomic E-state index is 17.4. The van der Waals surface area contributed by atoms with Crippen LogP contribution in [-0.4, -0.2) is 128 Å². The number of phenolic OH excluding ortho intramolecular Hbond substituents is 1. The van der Waals surface area contributed by atoms with E-state index in [2.05, 4.69) is 38.6 Å². The average molecular weight is 985 g/mol. The number of imide groups is 1. The summed E-state index contributed by atoms with van der Waals surface area (Å²) in [6.07, 6.45) is 8.91. The number of hydrogen-bond acceptors (Lipinski definition) is 13. The highest BCUT2D eigenvalue weighted by Crippen LogP contribution is 2.48. The van der Waals surface area contributed by atoms with E-state index in [-0.39, 0.29) is 52.3 Å². The summed E-state index contributed by atoms with van der Waals surface area (Å²) in [6, 6.07) is 12.3. The lowest BCUT2D eigenvalue weighted by atomic mass is 9.86. The summed E-state index contributed by atoms with van der Waals surface area (Å²) in [5.74, 6) is -0.378. The highest BCUT2D eigenvalue weighted by atomic mass is 19.1. The van der Waals surface area contributed by atoms with Crippen molar-refractivity contribution < 1.29 is 33.3 Å². The van der Waals surface area contributed by atoms with Crippen molar-refractivity contribution in [1.29, 1.82) is 0 Å². The van der Waals surface area contributed by atoms with Crippen LogP contribution in [0.4, 0.5) is 20.4 Å². The Morgan fingerprint density at radius 1 is 0.931 bits per heavy atom. The second-order valence-electron chi connectivity index (χ2n) is 21.8. The van der Waals surface area contributed by atoms with Crippen LogP contribution in [0, 0.1) is 23.0 Å². The molecule has 0 spiro atoms. The minimum Gasteiger partial charge on any atom is -0.508 e. The van der Waals surface area contributed by atoms with E-state index in [1.165, 1.54) is 17.7 Å². The second-order valence-corrected chi connectivity index (χ2v) is 21.8. The van der Waals surface area contributed by atoms with Crippen LogP contribution in [0.25, 0.3) is 43.8 Å². The number of aromatic nitrogens is 5. The number of aryl methyl sites for hydroxylation is 2. The summed E-state index contributed by atoms with van der Waals surface area (Å²) in [6.45, 7) is 11.0. The number of carbonyl (C=O) groups excluding carboxylic acids is 2. The topological polar surface area (TPSA) is 174 Å². The van der Waals surface area contributed by atoms with E-state index < -0.39 is 23.2 Å². The number of aromatic hydroxyl groups is 1. The SMILES string of the molecule is CCc1c(F)ccc2cc(O)cc(-c3nc(NC)c4c(N5CCC[C@@](C)(O)C5)nc(OCC5(CN6CCC(CN7CCC(c8cccc9c(C%10CCC(=O)NC%10=O)nn(C)c89)CC7)CC6)CC5)nc4c3F)c12. The molecule has 5 aliphatic rings. The van der Waals surface area contributed by atoms with Crippen LogP contribution in [0.5, 0.6) is 11.8 Å². The standard InChI is InChI=1S/C55H66F2N10O5/c1-5-36-41(56)12-10-34-26-35(68)27-40(43(34)36)47-45(57)48-44(50(58-3)60-47)51(67-21-7-18-54(2,71)29-67)62-53(61-48)72-31-55(19-20-55)30-66-22-14-32(15-23-66)28-65-24-16-33(17-25-65)37-8-6-9-38-46(63-64(4)49(37)38)39-11-13-42(69)59-52(39)70/h6,8-10,12,26-27,32-33,39,68,71H,5,7,11,13-25,28-31H2,1-4H3,(H,58,60)(H,59,69,70)/t39?,54-/m1/s1. The average Bonchev–Trinajstić information content (AvgIpc) is 4.05. The van der Waals surface area contributed by atoms with Gasteiger partial charge in [-0.1, -0.05) is 31.2 Å². The van der Waals surface area contributed by atoms with Gasteiger partial charge in [0.05, 0.1) is 34.7 Å². The number of pyridine rings is 1. The van der Waals surface area contributed by atoms with E-state index in [1.807, 2.05) is 23.6 Å². The Morgan fingerprint density at radius 2 is 1.71 bits per heavy atom. The van der Waals surface area contributed by atoms with Gasteiger partial charge in [-0.2, -0.15) is 15.1 Å². The largest absolute Gasteiger partial charge is 0.508 e. The number of fused-ring (bicyclic) bond motifs is 3. The van der Waals surface area contributed by atoms with Crippen LogP contribution in [0.15, 0.2) is 42.5 Å². The van der Waals surface area contributed by atoms with Gasteiger partial charge in [-0.05, 0) is 149 Å². The first kappa shape index (κ1) is 48.2. The number of piperidine rings is 4. The third-order valence-corrected chi connectivity index (χ3v) is 16.5. The summed E-state index contributed by atoms with van der Waals surface area (Å²) >= 11 is 0. The molecule has 2 amide bonds. The minimum atomic E-state index is -0.990. The number of para-hydroxylation sites is 1. The number of likely N-dealkylation sites (tertiary alicyclic amines) is 2. The third kappa shape index (κ3) is 9.21. The third-order valence-electron chi connectivity index (χ3n) is 16.5. The lowest BCUT2D eigenvalue weighted by Gasteiger charge is -2.39. The molecule has 380 valence electrons. The summed E-state index contributed by atoms with van der Waals surface area (Å²) in [7, 11) is 3.66. The quantitative estimate of drug-likeness (QED) is 0.0823. The van der Waals surface area contributed by atoms with Gasteiger partial charge in [0, 0.05) is 63.1 Å². The molecule has 1 aliphatic carbocycles. The molecule has 3 aromatic heterocycles. The van der Waals surface area contributed by atoms with Crippen LogP contribution in [0.2, 0.25) is 0 Å². The van der Waals surface area contributed by atoms with Crippen molar-refractivity contribution in [2.24, 2.45) is 18.4 Å². The Labute approximate surface area is 418 Å². The number of anilines is 2. The van der Waals surface area contributed by atoms with Crippen molar-refractivity contribution in [2.75, 3.05) is 76.2 Å². The Balaban J connectivity index is 0.762. The van der Waals surface area contributed by atoms with Crippen LogP contribution in [-0.2, 0) is 23.1 Å². The molecule has 72 heavy (non-hydrogen) atoms. The van der Waals surface area contributed by atoms with E-state index in [4.69, 9.17) is 24.8 Å². The number of halogens is 2. The zero-order valence-corrected chi connectivity index (χ0v) is 41.9. The summed E-state index contributed by atoms with van der Waals surface area (Å²) < 4.78 is 41.2. The second kappa shape index (κ2) is 19.1. The maximum Gasteiger partial charge on any atom is 0.319 e. The molecule has 2 atom stereocenters. The zero-order chi connectivity index (χ0) is 50.1. The number of aliphatic hydroxyl groups is 1. The molecule has 1 unspecified atom stereocenters. The highest BCUT2D eigenvalue weighted by molar-refractivity contribution is 6.05. The number of nitrogens with one attached hydrogen (secondary N) is 2. The molecule has 17 heteroatoms. The van der Waals surface area contributed by atoms with Crippen LogP contribution < -0.4 is 20.3 Å². The molecule has 4 aliphatic heterocycles. The fourth-order valence-corrected chi connectivity index (χ4v) is 12.5. The minimum absolute atomic E-state index is 0.0111. The van der Waals surface area contributed by atoms with Crippen molar-refractivity contribution in [3.05, 3.63) is 70.9 Å². The first-order valence-electron chi connectivity index (χ1n) is 26.1. The molecule has 11 rings (SSSR count). The van der Waals surface area contributed by atoms with Crippen molar-refractivity contribution >= 4 is 56.0 Å². The molecular formula is C55H66F2N10O5. The first-order valence-corrected chi connectivity index (χ1v) is 26.1. The zero-order valence-electron chi connectivity index (χ0n) is 41.9. The summed E-state index contributed by atoms with van der Waals surface area (Å²) in [5.41, 5.74) is 2.65. The summed E-state index contributed by atoms with van der Waals surface area (Å²) in [4.78, 5) is 46.3. The molecule has 0 bridgehead atoms. The van der Waals surface area contributed by atoms with Gasteiger partial charge in [-0.25, -0.2) is 13.8 Å². The van der Waals surface area contributed by atoms with Gasteiger partial charge in [-0.15, -0.1) is 0 Å². The van der Waals surface area contributed by atoms with Crippen molar-refractivity contribution in [1.82, 2.24) is 39.8 Å². The monoisotopic (exact) mass is 985 g/mol. The van der Waals surface area contributed by atoms with E-state index in [0.717, 1.165) is 94.4 Å². The highest BCUT2D eigenvalue weighted by Gasteiger charge is 2.46. The Bertz CT molecular complexity index is 3090. The Kier molecular flexibility index (Phi) is 12.8. The van der Waals surface area contributed by atoms with Crippen molar-refractivity contribution in [2.45, 2.75) is 102 Å². The van der Waals surface area contributed by atoms with Gasteiger partial charge in [-0.3, -0.25) is 19.6 Å². The fourth-order valence-electron chi connectivity index (χ4n) is 12.5. The number of nitrogens with zero attached hydrogens (tertiary/aromatic N) is 8. The van der Waals surface area contributed by atoms with Gasteiger partial charge >= 0.3 is 6.01 Å². The van der Waals surface area contributed by atoms with Gasteiger partial charge in [0.25, 0.3) is 0 Å². The van der Waals surface area contributed by atoms with E-state index in [0.29, 0.717) is 90.4 Å². The lowest BCUT2D eigenvalue weighted by molar-refractivity contribution is -0.134. The van der Waals surface area contributed by atoms with Crippen molar-refractivity contribution in [3.8, 4) is 23.0 Å². The fraction of sp³-hybridized carbons (Fsp3) is 0.527. The Hall–Kier alpha value is -6.04. The van der Waals surface area contributed by atoms with Crippen LogP contribution in [0.3, 0.4) is 0 Å². The maximum absolute atomic E-state index is 17.4. The number of amides is 2. The summed E-state index contributed by atoms with van der Waals surface area (Å²) in [5, 5.41) is 35.0.